The van der Waals surface area contributed by atoms with Gasteiger partial charge in [0.2, 0.25) is 0 Å². The Bertz CT molecular complexity index is 1310. The highest BCUT2D eigenvalue weighted by atomic mass is 79.9. The predicted octanol–water partition coefficient (Wildman–Crippen LogP) is 4.84. The number of nitrogens with one attached hydrogen (secondary N) is 1. The van der Waals surface area contributed by atoms with E-state index in [9.17, 15) is 18.8 Å². The molecule has 3 aromatic carbocycles. The summed E-state index contributed by atoms with van der Waals surface area (Å²) in [6, 6.07) is 16.8. The summed E-state index contributed by atoms with van der Waals surface area (Å²) in [4.78, 5) is 38.7. The molecular weight excluding hydrogens is 507 g/mol. The third-order valence-corrected chi connectivity index (χ3v) is 5.55. The largest absolute Gasteiger partial charge is 0.493 e. The van der Waals surface area contributed by atoms with E-state index in [4.69, 9.17) is 9.47 Å². The van der Waals surface area contributed by atoms with Crippen molar-refractivity contribution >= 4 is 45.5 Å². The van der Waals surface area contributed by atoms with Crippen molar-refractivity contribution in [2.75, 3.05) is 12.0 Å². The van der Waals surface area contributed by atoms with Crippen LogP contribution in [0.4, 0.5) is 14.9 Å². The Balaban J connectivity index is 1.60. The molecule has 34 heavy (non-hydrogen) atoms. The number of anilines is 1. The number of urea groups is 1. The molecule has 4 rings (SSSR count). The molecule has 0 aliphatic carbocycles. The molecule has 7 nitrogen and oxygen atoms in total. The molecule has 3 aromatic rings. The first-order chi connectivity index (χ1) is 16.4. The maximum Gasteiger partial charge on any atom is 0.335 e. The smallest absolute Gasteiger partial charge is 0.335 e. The zero-order chi connectivity index (χ0) is 24.2. The number of carbonyl (C=O) groups is 3. The van der Waals surface area contributed by atoms with Crippen LogP contribution < -0.4 is 19.7 Å². The van der Waals surface area contributed by atoms with E-state index < -0.39 is 17.8 Å². The van der Waals surface area contributed by atoms with E-state index in [1.807, 2.05) is 0 Å². The molecule has 4 amide bonds. The lowest BCUT2D eigenvalue weighted by Gasteiger charge is -2.26. The van der Waals surface area contributed by atoms with Gasteiger partial charge in [-0.25, -0.2) is 14.1 Å². The van der Waals surface area contributed by atoms with Crippen molar-refractivity contribution in [2.24, 2.45) is 0 Å². The molecule has 1 fully saturated rings. The van der Waals surface area contributed by atoms with Gasteiger partial charge in [0.15, 0.2) is 11.5 Å². The van der Waals surface area contributed by atoms with E-state index in [1.165, 1.54) is 19.3 Å². The fourth-order valence-corrected chi connectivity index (χ4v) is 3.58. The van der Waals surface area contributed by atoms with Crippen molar-refractivity contribution in [3.8, 4) is 11.5 Å². The molecule has 0 unspecified atom stereocenters. The van der Waals surface area contributed by atoms with Crippen LogP contribution in [0.15, 0.2) is 76.8 Å². The summed E-state index contributed by atoms with van der Waals surface area (Å²) >= 11 is 3.30. The number of rotatable bonds is 6. The van der Waals surface area contributed by atoms with Crippen LogP contribution in [-0.2, 0) is 16.2 Å². The number of carbonyl (C=O) groups excluding carboxylic acids is 3. The minimum Gasteiger partial charge on any atom is -0.493 e. The Hall–Kier alpha value is -3.98. The van der Waals surface area contributed by atoms with Gasteiger partial charge in [0.1, 0.15) is 18.0 Å². The minimum atomic E-state index is -0.830. The molecule has 1 heterocycles. The lowest BCUT2D eigenvalue weighted by atomic mass is 10.1. The zero-order valence-corrected chi connectivity index (χ0v) is 19.5. The summed E-state index contributed by atoms with van der Waals surface area (Å²) in [5.74, 6) is -1.25. The molecule has 0 saturated carbocycles. The van der Waals surface area contributed by atoms with Gasteiger partial charge in [-0.2, -0.15) is 0 Å². The number of hydrogen-bond donors (Lipinski definition) is 1. The molecule has 0 radical (unpaired) electrons. The number of barbiturate groups is 1. The highest BCUT2D eigenvalue weighted by molar-refractivity contribution is 9.10. The van der Waals surface area contributed by atoms with Crippen LogP contribution in [0.25, 0.3) is 6.08 Å². The Morgan fingerprint density at radius 2 is 1.74 bits per heavy atom. The molecule has 0 spiro atoms. The number of hydrogen-bond acceptors (Lipinski definition) is 5. The number of amides is 4. The molecule has 1 saturated heterocycles. The van der Waals surface area contributed by atoms with E-state index in [2.05, 4.69) is 21.2 Å². The molecule has 1 N–H and O–H groups in total. The van der Waals surface area contributed by atoms with Crippen molar-refractivity contribution in [1.29, 1.82) is 0 Å². The van der Waals surface area contributed by atoms with Crippen molar-refractivity contribution in [3.05, 3.63) is 93.7 Å². The van der Waals surface area contributed by atoms with E-state index in [-0.39, 0.29) is 18.0 Å². The second-order valence-electron chi connectivity index (χ2n) is 7.22. The summed E-state index contributed by atoms with van der Waals surface area (Å²) in [5, 5.41) is 2.18. The van der Waals surface area contributed by atoms with Gasteiger partial charge in [0, 0.05) is 10.0 Å². The van der Waals surface area contributed by atoms with Crippen LogP contribution in [0, 0.1) is 5.82 Å². The molecule has 0 bridgehead atoms. The maximum absolute atomic E-state index is 13.9. The SMILES string of the molecule is COc1cc(/C=C2\C(=O)NC(=O)N(c3ccc(Br)cc3)C2=O)ccc1OCc1ccccc1F. The van der Waals surface area contributed by atoms with Crippen molar-refractivity contribution < 1.29 is 28.2 Å². The quantitative estimate of drug-likeness (QED) is 0.368. The van der Waals surface area contributed by atoms with Crippen molar-refractivity contribution in [1.82, 2.24) is 5.32 Å². The van der Waals surface area contributed by atoms with Crippen LogP contribution in [0.5, 0.6) is 11.5 Å². The van der Waals surface area contributed by atoms with E-state index in [0.717, 1.165) is 9.37 Å². The highest BCUT2D eigenvalue weighted by Crippen LogP contribution is 2.31. The fraction of sp³-hybridized carbons (Fsp3) is 0.0800. The van der Waals surface area contributed by atoms with Gasteiger partial charge < -0.3 is 9.47 Å². The first-order valence-electron chi connectivity index (χ1n) is 10.1. The average molecular weight is 525 g/mol. The number of ether oxygens (including phenoxy) is 2. The normalized spacial score (nSPS) is 14.9. The third kappa shape index (κ3) is 4.84. The molecule has 9 heteroatoms. The Labute approximate surface area is 202 Å². The lowest BCUT2D eigenvalue weighted by molar-refractivity contribution is -0.122. The number of nitrogens with zero attached hydrogens (tertiary/aromatic N) is 1. The van der Waals surface area contributed by atoms with Gasteiger partial charge in [-0.1, -0.05) is 40.2 Å². The average Bonchev–Trinajstić information content (AvgIpc) is 2.82. The van der Waals surface area contributed by atoms with Gasteiger partial charge in [0.05, 0.1) is 12.8 Å². The Morgan fingerprint density at radius 3 is 2.44 bits per heavy atom. The topological polar surface area (TPSA) is 84.9 Å². The van der Waals surface area contributed by atoms with Crippen LogP contribution in [0.1, 0.15) is 11.1 Å². The summed E-state index contributed by atoms with van der Waals surface area (Å²) in [6.45, 7) is -0.00533. The summed E-state index contributed by atoms with van der Waals surface area (Å²) in [5.41, 5.74) is 0.958. The Morgan fingerprint density at radius 1 is 1.00 bits per heavy atom. The van der Waals surface area contributed by atoms with Crippen LogP contribution in [0.2, 0.25) is 0 Å². The second-order valence-corrected chi connectivity index (χ2v) is 8.14. The zero-order valence-electron chi connectivity index (χ0n) is 17.9. The molecule has 0 aromatic heterocycles. The lowest BCUT2D eigenvalue weighted by Crippen LogP contribution is -2.54. The summed E-state index contributed by atoms with van der Waals surface area (Å²) in [6.07, 6.45) is 1.36. The first-order valence-corrected chi connectivity index (χ1v) is 10.9. The van der Waals surface area contributed by atoms with E-state index in [1.54, 1.807) is 60.7 Å². The molecule has 172 valence electrons. The van der Waals surface area contributed by atoms with Crippen LogP contribution in [0.3, 0.4) is 0 Å². The number of halogens is 2. The van der Waals surface area contributed by atoms with Crippen molar-refractivity contribution in [2.45, 2.75) is 6.61 Å². The molecular formula is C25H18BrFN2O5. The standard InChI is InChI=1S/C25H18BrFN2O5/c1-33-22-13-15(6-11-21(22)34-14-16-4-2-3-5-20(16)27)12-19-23(30)28-25(32)29(24(19)31)18-9-7-17(26)8-10-18/h2-13H,14H2,1H3,(H,28,30,32)/b19-12+. The van der Waals surface area contributed by atoms with Crippen molar-refractivity contribution in [3.63, 3.8) is 0 Å². The first kappa shape index (κ1) is 23.2. The van der Waals surface area contributed by atoms with Crippen LogP contribution in [-0.4, -0.2) is 25.0 Å². The minimum absolute atomic E-state index is 0.00533. The van der Waals surface area contributed by atoms with Gasteiger partial charge in [0.25, 0.3) is 11.8 Å². The highest BCUT2D eigenvalue weighted by Gasteiger charge is 2.36. The predicted molar refractivity (Wildman–Crippen MR) is 127 cm³/mol. The van der Waals surface area contributed by atoms with E-state index >= 15 is 0 Å². The van der Waals surface area contributed by atoms with Gasteiger partial charge >= 0.3 is 6.03 Å². The van der Waals surface area contributed by atoms with Gasteiger partial charge in [-0.15, -0.1) is 0 Å². The molecule has 0 atom stereocenters. The number of imide groups is 2. The molecule has 1 aliphatic rings. The molecule has 1 aliphatic heterocycles. The van der Waals surface area contributed by atoms with Gasteiger partial charge in [-0.05, 0) is 54.1 Å². The summed E-state index contributed by atoms with van der Waals surface area (Å²) < 4.78 is 25.7. The van der Waals surface area contributed by atoms with Gasteiger partial charge in [-0.3, -0.25) is 14.9 Å². The van der Waals surface area contributed by atoms with Crippen LogP contribution >= 0.6 is 15.9 Å². The Kier molecular flexibility index (Phi) is 6.74. The fourth-order valence-electron chi connectivity index (χ4n) is 3.31. The number of benzene rings is 3. The monoisotopic (exact) mass is 524 g/mol. The summed E-state index contributed by atoms with van der Waals surface area (Å²) in [7, 11) is 1.44. The maximum atomic E-state index is 13.9. The van der Waals surface area contributed by atoms with E-state index in [0.29, 0.717) is 28.3 Å². The third-order valence-electron chi connectivity index (χ3n) is 5.03. The number of methoxy groups -OCH3 is 1. The second kappa shape index (κ2) is 9.88.